The van der Waals surface area contributed by atoms with Crippen molar-refractivity contribution in [1.82, 2.24) is 10.6 Å². The number of carbonyl (C=O) groups is 2. The predicted molar refractivity (Wildman–Crippen MR) is 81.1 cm³/mol. The number of benzene rings is 1. The van der Waals surface area contributed by atoms with E-state index in [1.165, 1.54) is 31.0 Å². The number of hydrogen-bond donors (Lipinski definition) is 4. The lowest BCUT2D eigenvalue weighted by Crippen LogP contribution is -2.31. The zero-order valence-corrected chi connectivity index (χ0v) is 12.2. The van der Waals surface area contributed by atoms with Gasteiger partial charge in [0.2, 0.25) is 0 Å². The molecule has 21 heavy (non-hydrogen) atoms. The molecule has 1 fully saturated rings. The van der Waals surface area contributed by atoms with Gasteiger partial charge in [-0.1, -0.05) is 11.6 Å². The van der Waals surface area contributed by atoms with Gasteiger partial charge in [-0.2, -0.15) is 0 Å². The van der Waals surface area contributed by atoms with Crippen LogP contribution in [0.25, 0.3) is 0 Å². The minimum absolute atomic E-state index is 0.0807. The van der Waals surface area contributed by atoms with Gasteiger partial charge in [-0.3, -0.25) is 0 Å². The maximum Gasteiger partial charge on any atom is 0.335 e. The number of rotatable bonds is 7. The number of nitrogens with one attached hydrogen (secondary N) is 3. The fourth-order valence-corrected chi connectivity index (χ4v) is 2.03. The Morgan fingerprint density at radius 1 is 1.29 bits per heavy atom. The molecule has 0 atom stereocenters. The Hall–Kier alpha value is -1.79. The Morgan fingerprint density at radius 2 is 2.05 bits per heavy atom. The van der Waals surface area contributed by atoms with Crippen molar-refractivity contribution in [2.75, 3.05) is 18.4 Å². The van der Waals surface area contributed by atoms with Gasteiger partial charge < -0.3 is 21.1 Å². The molecule has 7 heteroatoms. The van der Waals surface area contributed by atoms with E-state index in [2.05, 4.69) is 16.0 Å². The van der Waals surface area contributed by atoms with Gasteiger partial charge in [-0.15, -0.1) is 0 Å². The first-order valence-electron chi connectivity index (χ1n) is 6.87. The minimum Gasteiger partial charge on any atom is -0.478 e. The Labute approximate surface area is 127 Å². The molecule has 0 unspecified atom stereocenters. The molecule has 0 bridgehead atoms. The first-order valence-corrected chi connectivity index (χ1v) is 7.25. The first-order chi connectivity index (χ1) is 10.1. The third-order valence-corrected chi connectivity index (χ3v) is 3.43. The fraction of sp³-hybridized carbons (Fsp3) is 0.429. The summed E-state index contributed by atoms with van der Waals surface area (Å²) in [4.78, 5) is 22.5. The van der Waals surface area contributed by atoms with Crippen molar-refractivity contribution in [3.63, 3.8) is 0 Å². The monoisotopic (exact) mass is 311 g/mol. The lowest BCUT2D eigenvalue weighted by Gasteiger charge is -2.09. The van der Waals surface area contributed by atoms with Crippen molar-refractivity contribution in [2.45, 2.75) is 25.3 Å². The van der Waals surface area contributed by atoms with Gasteiger partial charge in [0.1, 0.15) is 0 Å². The second kappa shape index (κ2) is 7.28. The highest BCUT2D eigenvalue weighted by Crippen LogP contribution is 2.23. The highest BCUT2D eigenvalue weighted by molar-refractivity contribution is 6.34. The van der Waals surface area contributed by atoms with Gasteiger partial charge >= 0.3 is 12.0 Å². The van der Waals surface area contributed by atoms with Crippen LogP contribution in [0.15, 0.2) is 18.2 Å². The van der Waals surface area contributed by atoms with Crippen LogP contribution >= 0.6 is 11.6 Å². The molecule has 6 nitrogen and oxygen atoms in total. The molecule has 1 aliphatic carbocycles. The van der Waals surface area contributed by atoms with Crippen LogP contribution in [0.2, 0.25) is 5.02 Å². The summed E-state index contributed by atoms with van der Waals surface area (Å²) in [6.07, 6.45) is 3.35. The Bertz CT molecular complexity index is 532. The first kappa shape index (κ1) is 15.6. The Kier molecular flexibility index (Phi) is 5.41. The Balaban J connectivity index is 1.72. The van der Waals surface area contributed by atoms with Crippen LogP contribution in [0, 0.1) is 0 Å². The number of amides is 2. The van der Waals surface area contributed by atoms with Crippen molar-refractivity contribution < 1.29 is 14.7 Å². The second-order valence-corrected chi connectivity index (χ2v) is 5.37. The molecule has 2 amide bonds. The van der Waals surface area contributed by atoms with Gasteiger partial charge in [-0.05, 0) is 44.0 Å². The topological polar surface area (TPSA) is 90.5 Å². The number of carbonyl (C=O) groups excluding carboxylic acids is 1. The van der Waals surface area contributed by atoms with Crippen LogP contribution in [-0.4, -0.2) is 36.2 Å². The van der Waals surface area contributed by atoms with Crippen LogP contribution < -0.4 is 16.0 Å². The summed E-state index contributed by atoms with van der Waals surface area (Å²) in [5.74, 6) is -1.06. The highest BCUT2D eigenvalue weighted by Gasteiger charge is 2.19. The molecule has 114 valence electrons. The molecular weight excluding hydrogens is 294 g/mol. The molecule has 1 saturated carbocycles. The molecule has 0 heterocycles. The van der Waals surface area contributed by atoms with Crippen molar-refractivity contribution in [2.24, 2.45) is 0 Å². The average Bonchev–Trinajstić information content (AvgIpc) is 3.24. The number of carboxylic acids is 1. The van der Waals surface area contributed by atoms with Gasteiger partial charge in [0.15, 0.2) is 0 Å². The molecule has 0 aliphatic heterocycles. The van der Waals surface area contributed by atoms with E-state index in [-0.39, 0.29) is 16.6 Å². The van der Waals surface area contributed by atoms with Crippen molar-refractivity contribution >= 4 is 29.3 Å². The van der Waals surface area contributed by atoms with Crippen LogP contribution in [0.3, 0.4) is 0 Å². The van der Waals surface area contributed by atoms with Crippen molar-refractivity contribution in [1.29, 1.82) is 0 Å². The number of halogens is 1. The summed E-state index contributed by atoms with van der Waals surface area (Å²) in [5, 5.41) is 17.7. The molecule has 0 radical (unpaired) electrons. The molecule has 0 saturated heterocycles. The van der Waals surface area contributed by atoms with E-state index >= 15 is 0 Å². The Morgan fingerprint density at radius 3 is 2.67 bits per heavy atom. The number of aromatic carboxylic acids is 1. The summed E-state index contributed by atoms with van der Waals surface area (Å²) >= 11 is 5.93. The largest absolute Gasteiger partial charge is 0.478 e. The van der Waals surface area contributed by atoms with Crippen molar-refractivity contribution in [3.05, 3.63) is 28.8 Å². The van der Waals surface area contributed by atoms with E-state index in [0.29, 0.717) is 18.3 Å². The van der Waals surface area contributed by atoms with Crippen LogP contribution in [0.5, 0.6) is 0 Å². The molecular formula is C14H18ClN3O3. The molecule has 2 rings (SSSR count). The smallest absolute Gasteiger partial charge is 0.335 e. The number of hydrogen-bond acceptors (Lipinski definition) is 3. The van der Waals surface area contributed by atoms with Gasteiger partial charge in [-0.25, -0.2) is 9.59 Å². The van der Waals surface area contributed by atoms with Gasteiger partial charge in [0.25, 0.3) is 0 Å². The lowest BCUT2D eigenvalue weighted by atomic mass is 10.2. The second-order valence-electron chi connectivity index (χ2n) is 4.96. The summed E-state index contributed by atoms with van der Waals surface area (Å²) in [6.45, 7) is 1.45. The lowest BCUT2D eigenvalue weighted by molar-refractivity contribution is 0.0697. The third kappa shape index (κ3) is 5.24. The van der Waals surface area contributed by atoms with Gasteiger partial charge in [0.05, 0.1) is 16.3 Å². The van der Waals surface area contributed by atoms with E-state index in [1.807, 2.05) is 0 Å². The highest BCUT2D eigenvalue weighted by atomic mass is 35.5. The van der Waals surface area contributed by atoms with Crippen molar-refractivity contribution in [3.8, 4) is 0 Å². The molecule has 1 aromatic rings. The fourth-order valence-electron chi connectivity index (χ4n) is 1.80. The molecule has 0 spiro atoms. The van der Waals surface area contributed by atoms with E-state index < -0.39 is 5.97 Å². The van der Waals surface area contributed by atoms with E-state index in [0.717, 1.165) is 13.0 Å². The van der Waals surface area contributed by atoms with Crippen LogP contribution in [0.1, 0.15) is 29.6 Å². The van der Waals surface area contributed by atoms with E-state index in [9.17, 15) is 9.59 Å². The molecule has 1 aliphatic rings. The zero-order chi connectivity index (χ0) is 15.2. The summed E-state index contributed by atoms with van der Waals surface area (Å²) in [5.41, 5.74) is 0.465. The normalized spacial score (nSPS) is 13.8. The SMILES string of the molecule is O=C(NCCCNC1CC1)Nc1ccc(C(=O)O)cc1Cl. The number of carboxylic acid groups (broad SMARTS) is 1. The standard InChI is InChI=1S/C14H18ClN3O3/c15-11-8-9(13(19)20)2-5-12(11)18-14(21)17-7-1-6-16-10-3-4-10/h2,5,8,10,16H,1,3-4,6-7H2,(H,19,20)(H2,17,18,21). The summed E-state index contributed by atoms with van der Waals surface area (Å²) in [6, 6.07) is 4.49. The number of urea groups is 1. The van der Waals surface area contributed by atoms with E-state index in [4.69, 9.17) is 16.7 Å². The molecule has 1 aromatic carbocycles. The maximum atomic E-state index is 11.7. The maximum absolute atomic E-state index is 11.7. The zero-order valence-electron chi connectivity index (χ0n) is 11.5. The average molecular weight is 312 g/mol. The van der Waals surface area contributed by atoms with Gasteiger partial charge in [0, 0.05) is 12.6 Å². The molecule has 0 aromatic heterocycles. The number of anilines is 1. The molecule has 4 N–H and O–H groups in total. The van der Waals surface area contributed by atoms with Crippen LogP contribution in [-0.2, 0) is 0 Å². The summed E-state index contributed by atoms with van der Waals surface area (Å²) in [7, 11) is 0. The predicted octanol–water partition coefficient (Wildman–Crippen LogP) is 2.30. The summed E-state index contributed by atoms with van der Waals surface area (Å²) < 4.78 is 0. The van der Waals surface area contributed by atoms with Crippen LogP contribution in [0.4, 0.5) is 10.5 Å². The van der Waals surface area contributed by atoms with E-state index in [1.54, 1.807) is 0 Å². The quantitative estimate of drug-likeness (QED) is 0.582. The third-order valence-electron chi connectivity index (χ3n) is 3.11. The minimum atomic E-state index is -1.06.